The van der Waals surface area contributed by atoms with Crippen molar-refractivity contribution < 1.29 is 5.11 Å². The van der Waals surface area contributed by atoms with Gasteiger partial charge in [-0.2, -0.15) is 0 Å². The average Bonchev–Trinajstić information content (AvgIpc) is 3.01. The molecule has 0 bridgehead atoms. The molecule has 3 unspecified atom stereocenters. The molecule has 3 atom stereocenters. The molecule has 3 heterocycles. The van der Waals surface area contributed by atoms with Gasteiger partial charge in [0.1, 0.15) is 0 Å². The highest BCUT2D eigenvalue weighted by atomic mass is 16.3. The fourth-order valence-corrected chi connectivity index (χ4v) is 5.20. The lowest BCUT2D eigenvalue weighted by atomic mass is 9.73. The molecule has 2 fully saturated rings. The number of H-pyrrole nitrogens is 1. The third kappa shape index (κ3) is 1.51. The molecule has 1 saturated carbocycles. The van der Waals surface area contributed by atoms with Crippen LogP contribution in [0.5, 0.6) is 0 Å². The molecule has 2 aromatic rings. The van der Waals surface area contributed by atoms with Gasteiger partial charge in [0, 0.05) is 35.6 Å². The number of rotatable bonds is 0. The Morgan fingerprint density at radius 3 is 3.10 bits per heavy atom. The Labute approximate surface area is 125 Å². The van der Waals surface area contributed by atoms with E-state index >= 15 is 0 Å². The monoisotopic (exact) mass is 282 g/mol. The number of benzene rings is 1. The van der Waals surface area contributed by atoms with Crippen LogP contribution >= 0.6 is 0 Å². The van der Waals surface area contributed by atoms with Crippen LogP contribution in [0.3, 0.4) is 0 Å². The number of hydrogen-bond acceptors (Lipinski definition) is 2. The molecule has 3 heteroatoms. The van der Waals surface area contributed by atoms with Crippen molar-refractivity contribution in [1.82, 2.24) is 9.88 Å². The number of aromatic amines is 1. The van der Waals surface area contributed by atoms with Crippen molar-refractivity contribution in [3.05, 3.63) is 35.5 Å². The van der Waals surface area contributed by atoms with Gasteiger partial charge in [-0.15, -0.1) is 0 Å². The van der Waals surface area contributed by atoms with Crippen molar-refractivity contribution in [3.8, 4) is 0 Å². The highest BCUT2D eigenvalue weighted by Crippen LogP contribution is 2.53. The van der Waals surface area contributed by atoms with Crippen LogP contribution in [0.4, 0.5) is 0 Å². The van der Waals surface area contributed by atoms with E-state index in [1.165, 1.54) is 41.4 Å². The van der Waals surface area contributed by atoms with Crippen molar-refractivity contribution in [3.63, 3.8) is 0 Å². The number of fused-ring (bicyclic) bond motifs is 7. The summed E-state index contributed by atoms with van der Waals surface area (Å²) in [6, 6.07) is 8.79. The van der Waals surface area contributed by atoms with Crippen LogP contribution in [0, 0.1) is 5.92 Å². The molecule has 2 N–H and O–H groups in total. The van der Waals surface area contributed by atoms with Gasteiger partial charge in [-0.3, -0.25) is 4.90 Å². The van der Waals surface area contributed by atoms with Crippen LogP contribution in [-0.2, 0) is 6.42 Å². The number of hydrogen-bond donors (Lipinski definition) is 2. The number of nitrogens with one attached hydrogen (secondary N) is 1. The van der Waals surface area contributed by atoms with Gasteiger partial charge >= 0.3 is 0 Å². The normalized spacial score (nSPS) is 35.5. The fourth-order valence-electron chi connectivity index (χ4n) is 5.20. The summed E-state index contributed by atoms with van der Waals surface area (Å²) in [4.78, 5) is 6.18. The summed E-state index contributed by atoms with van der Waals surface area (Å²) in [5, 5.41) is 12.8. The van der Waals surface area contributed by atoms with E-state index in [0.717, 1.165) is 25.9 Å². The Balaban J connectivity index is 1.70. The van der Waals surface area contributed by atoms with Crippen LogP contribution in [0.25, 0.3) is 10.9 Å². The smallest absolute Gasteiger partial charge is 0.0898 e. The summed E-state index contributed by atoms with van der Waals surface area (Å²) in [7, 11) is 0. The molecule has 1 aliphatic carbocycles. The minimum atomic E-state index is -0.506. The second-order valence-corrected chi connectivity index (χ2v) is 7.14. The van der Waals surface area contributed by atoms with Gasteiger partial charge in [0.05, 0.1) is 11.6 Å². The highest BCUT2D eigenvalue weighted by Gasteiger charge is 2.56. The lowest BCUT2D eigenvalue weighted by molar-refractivity contribution is -0.0540. The second-order valence-electron chi connectivity index (χ2n) is 7.14. The summed E-state index contributed by atoms with van der Waals surface area (Å²) in [6.45, 7) is 2.17. The molecule has 110 valence electrons. The van der Waals surface area contributed by atoms with Crippen LogP contribution in [0.15, 0.2) is 24.3 Å². The van der Waals surface area contributed by atoms with E-state index in [4.69, 9.17) is 0 Å². The Hall–Kier alpha value is -1.32. The predicted octanol–water partition coefficient (Wildman–Crippen LogP) is 3.00. The molecule has 0 spiro atoms. The SMILES string of the molecule is OC12CCCCC1CN1CCc3c([nH]c4ccccc34)C12. The number of para-hydroxylation sites is 1. The van der Waals surface area contributed by atoms with E-state index in [9.17, 15) is 5.11 Å². The molecule has 1 aromatic carbocycles. The Bertz CT molecular complexity index is 706. The van der Waals surface area contributed by atoms with Crippen molar-refractivity contribution >= 4 is 10.9 Å². The van der Waals surface area contributed by atoms with Crippen LogP contribution in [0.2, 0.25) is 0 Å². The third-order valence-corrected chi connectivity index (χ3v) is 6.15. The van der Waals surface area contributed by atoms with E-state index in [1.54, 1.807) is 0 Å². The van der Waals surface area contributed by atoms with Gasteiger partial charge in [0.25, 0.3) is 0 Å². The highest BCUT2D eigenvalue weighted by molar-refractivity contribution is 5.85. The first-order valence-corrected chi connectivity index (χ1v) is 8.33. The largest absolute Gasteiger partial charge is 0.387 e. The first kappa shape index (κ1) is 12.2. The second kappa shape index (κ2) is 4.11. The molecule has 1 saturated heterocycles. The first-order chi connectivity index (χ1) is 10.3. The average molecular weight is 282 g/mol. The van der Waals surface area contributed by atoms with Crippen molar-refractivity contribution in [1.29, 1.82) is 0 Å². The summed E-state index contributed by atoms with van der Waals surface area (Å²) in [5.74, 6) is 0.466. The fraction of sp³-hybridized carbons (Fsp3) is 0.556. The molecule has 21 heavy (non-hydrogen) atoms. The lowest BCUT2D eigenvalue weighted by Gasteiger charge is -2.41. The van der Waals surface area contributed by atoms with Crippen LogP contribution in [-0.4, -0.2) is 33.7 Å². The third-order valence-electron chi connectivity index (χ3n) is 6.15. The Morgan fingerprint density at radius 2 is 2.14 bits per heavy atom. The van der Waals surface area contributed by atoms with Gasteiger partial charge < -0.3 is 10.1 Å². The van der Waals surface area contributed by atoms with E-state index in [-0.39, 0.29) is 6.04 Å². The Kier molecular flexibility index (Phi) is 2.40. The number of nitrogens with zero attached hydrogens (tertiary/aromatic N) is 1. The molecule has 3 nitrogen and oxygen atoms in total. The van der Waals surface area contributed by atoms with Gasteiger partial charge in [-0.25, -0.2) is 0 Å². The van der Waals surface area contributed by atoms with E-state index in [0.29, 0.717) is 5.92 Å². The zero-order valence-electron chi connectivity index (χ0n) is 12.3. The van der Waals surface area contributed by atoms with Crippen molar-refractivity contribution in [2.75, 3.05) is 13.1 Å². The van der Waals surface area contributed by atoms with Crippen LogP contribution < -0.4 is 0 Å². The quantitative estimate of drug-likeness (QED) is 0.779. The number of aliphatic hydroxyl groups is 1. The minimum absolute atomic E-state index is 0.193. The summed E-state index contributed by atoms with van der Waals surface area (Å²) >= 11 is 0. The summed E-state index contributed by atoms with van der Waals surface area (Å²) in [6.07, 6.45) is 5.73. The Morgan fingerprint density at radius 1 is 1.24 bits per heavy atom. The molecule has 2 aliphatic heterocycles. The van der Waals surface area contributed by atoms with Gasteiger partial charge in [-0.05, 0) is 30.9 Å². The lowest BCUT2D eigenvalue weighted by Crippen LogP contribution is -2.44. The maximum Gasteiger partial charge on any atom is 0.0898 e. The molecular formula is C18H22N2O. The van der Waals surface area contributed by atoms with E-state index in [2.05, 4.69) is 34.1 Å². The maximum absolute atomic E-state index is 11.4. The summed E-state index contributed by atoms with van der Waals surface area (Å²) in [5.41, 5.74) is 3.47. The summed E-state index contributed by atoms with van der Waals surface area (Å²) < 4.78 is 0. The first-order valence-electron chi connectivity index (χ1n) is 8.33. The number of aromatic nitrogens is 1. The maximum atomic E-state index is 11.4. The van der Waals surface area contributed by atoms with Gasteiger partial charge in [0.15, 0.2) is 0 Å². The predicted molar refractivity (Wildman–Crippen MR) is 83.2 cm³/mol. The van der Waals surface area contributed by atoms with E-state index < -0.39 is 5.60 Å². The standard InChI is InChI=1S/C18H22N2O/c21-18-9-4-3-5-12(18)11-20-10-8-14-13-6-1-2-7-15(13)19-16(14)17(18)20/h1-2,6-7,12,17,19,21H,3-5,8-11H2. The molecular weight excluding hydrogens is 260 g/mol. The molecule has 0 amide bonds. The molecule has 0 radical (unpaired) electrons. The van der Waals surface area contributed by atoms with Gasteiger partial charge in [-0.1, -0.05) is 31.0 Å². The minimum Gasteiger partial charge on any atom is -0.387 e. The van der Waals surface area contributed by atoms with Gasteiger partial charge in [0.2, 0.25) is 0 Å². The molecule has 5 rings (SSSR count). The molecule has 1 aromatic heterocycles. The van der Waals surface area contributed by atoms with Crippen molar-refractivity contribution in [2.24, 2.45) is 5.92 Å². The van der Waals surface area contributed by atoms with Crippen LogP contribution in [0.1, 0.15) is 43.0 Å². The topological polar surface area (TPSA) is 39.3 Å². The zero-order valence-corrected chi connectivity index (χ0v) is 12.3. The van der Waals surface area contributed by atoms with Crippen molar-refractivity contribution in [2.45, 2.75) is 43.7 Å². The molecule has 3 aliphatic rings. The van der Waals surface area contributed by atoms with E-state index in [1.807, 2.05) is 0 Å². The zero-order chi connectivity index (χ0) is 14.0.